The smallest absolute Gasteiger partial charge is 0.251 e. The highest BCUT2D eigenvalue weighted by atomic mass is 16.2. The van der Waals surface area contributed by atoms with E-state index < -0.39 is 0 Å². The highest BCUT2D eigenvalue weighted by molar-refractivity contribution is 5.93. The fraction of sp³-hybridized carbons (Fsp3) is 0.333. The molecule has 2 N–H and O–H groups in total. The van der Waals surface area contributed by atoms with Gasteiger partial charge in [-0.05, 0) is 37.2 Å². The maximum absolute atomic E-state index is 12.2. The Morgan fingerprint density at radius 1 is 1.04 bits per heavy atom. The van der Waals surface area contributed by atoms with Crippen LogP contribution in [0.1, 0.15) is 40.9 Å². The van der Waals surface area contributed by atoms with Gasteiger partial charge in [0.15, 0.2) is 0 Å². The van der Waals surface area contributed by atoms with Crippen molar-refractivity contribution in [1.82, 2.24) is 15.5 Å². The minimum absolute atomic E-state index is 0.00580. The third-order valence-electron chi connectivity index (χ3n) is 4.29. The van der Waals surface area contributed by atoms with Crippen molar-refractivity contribution in [2.24, 2.45) is 0 Å². The maximum atomic E-state index is 12.2. The molecule has 0 aliphatic rings. The van der Waals surface area contributed by atoms with Crippen LogP contribution in [0.4, 0.5) is 0 Å². The Morgan fingerprint density at radius 2 is 1.69 bits per heavy atom. The molecule has 0 fully saturated rings. The lowest BCUT2D eigenvalue weighted by molar-refractivity contribution is -0.122. The number of amides is 2. The molecule has 138 valence electrons. The summed E-state index contributed by atoms with van der Waals surface area (Å²) in [6, 6.07) is 17.5. The number of nitrogens with zero attached hydrogens (tertiary/aromatic N) is 1. The summed E-state index contributed by atoms with van der Waals surface area (Å²) in [4.78, 5) is 25.8. The van der Waals surface area contributed by atoms with Crippen molar-refractivity contribution < 1.29 is 9.59 Å². The summed E-state index contributed by atoms with van der Waals surface area (Å²) in [5.41, 5.74) is 2.86. The molecule has 2 aromatic carbocycles. The van der Waals surface area contributed by atoms with E-state index in [-0.39, 0.29) is 17.9 Å². The van der Waals surface area contributed by atoms with Crippen LogP contribution in [0.2, 0.25) is 0 Å². The van der Waals surface area contributed by atoms with E-state index in [0.717, 1.165) is 17.7 Å². The minimum atomic E-state index is -0.0888. The van der Waals surface area contributed by atoms with E-state index in [1.54, 1.807) is 7.05 Å². The SMILES string of the molecule is CNC(=O)c1ccc(CN(C)CCC(=O)NC(C)c2ccccc2)cc1. The van der Waals surface area contributed by atoms with Gasteiger partial charge in [0, 0.05) is 32.1 Å². The number of carbonyl (C=O) groups excluding carboxylic acids is 2. The summed E-state index contributed by atoms with van der Waals surface area (Å²) in [7, 11) is 3.61. The lowest BCUT2D eigenvalue weighted by atomic mass is 10.1. The molecule has 2 amide bonds. The second kappa shape index (κ2) is 9.73. The van der Waals surface area contributed by atoms with E-state index in [4.69, 9.17) is 0 Å². The molecule has 0 saturated carbocycles. The van der Waals surface area contributed by atoms with Gasteiger partial charge < -0.3 is 15.5 Å². The molecule has 0 aromatic heterocycles. The summed E-state index contributed by atoms with van der Waals surface area (Å²) in [6.07, 6.45) is 0.448. The molecule has 0 saturated heterocycles. The Bertz CT molecular complexity index is 714. The quantitative estimate of drug-likeness (QED) is 0.767. The number of rotatable bonds is 8. The molecule has 0 radical (unpaired) electrons. The molecule has 0 bridgehead atoms. The van der Waals surface area contributed by atoms with Gasteiger partial charge in [0.05, 0.1) is 6.04 Å². The van der Waals surface area contributed by atoms with Crippen molar-refractivity contribution in [1.29, 1.82) is 0 Å². The molecule has 1 atom stereocenters. The van der Waals surface area contributed by atoms with Crippen molar-refractivity contribution in [3.8, 4) is 0 Å². The Kier molecular flexibility index (Phi) is 7.36. The Morgan fingerprint density at radius 3 is 2.31 bits per heavy atom. The van der Waals surface area contributed by atoms with E-state index in [9.17, 15) is 9.59 Å². The molecule has 5 nitrogen and oxygen atoms in total. The van der Waals surface area contributed by atoms with Crippen LogP contribution in [0, 0.1) is 0 Å². The predicted molar refractivity (Wildman–Crippen MR) is 104 cm³/mol. The number of nitrogens with one attached hydrogen (secondary N) is 2. The summed E-state index contributed by atoms with van der Waals surface area (Å²) in [6.45, 7) is 3.39. The predicted octanol–water partition coefficient (Wildman–Crippen LogP) is 2.75. The zero-order valence-electron chi connectivity index (χ0n) is 15.7. The van der Waals surface area contributed by atoms with Gasteiger partial charge >= 0.3 is 0 Å². The first-order chi connectivity index (χ1) is 12.5. The van der Waals surface area contributed by atoms with Gasteiger partial charge in [0.1, 0.15) is 0 Å². The molecular weight excluding hydrogens is 326 g/mol. The zero-order valence-corrected chi connectivity index (χ0v) is 15.7. The summed E-state index contributed by atoms with van der Waals surface area (Å²) < 4.78 is 0. The van der Waals surface area contributed by atoms with E-state index in [1.807, 2.05) is 68.6 Å². The zero-order chi connectivity index (χ0) is 18.9. The monoisotopic (exact) mass is 353 g/mol. The number of carbonyl (C=O) groups is 2. The van der Waals surface area contributed by atoms with Crippen molar-refractivity contribution in [3.05, 3.63) is 71.3 Å². The molecule has 26 heavy (non-hydrogen) atoms. The molecule has 2 rings (SSSR count). The number of benzene rings is 2. The van der Waals surface area contributed by atoms with Gasteiger partial charge in [0.2, 0.25) is 5.91 Å². The van der Waals surface area contributed by atoms with Crippen LogP contribution in [0.25, 0.3) is 0 Å². The van der Waals surface area contributed by atoms with Crippen LogP contribution in [0.3, 0.4) is 0 Å². The first-order valence-corrected chi connectivity index (χ1v) is 8.83. The first-order valence-electron chi connectivity index (χ1n) is 8.83. The van der Waals surface area contributed by atoms with E-state index in [0.29, 0.717) is 18.5 Å². The van der Waals surface area contributed by atoms with Crippen molar-refractivity contribution >= 4 is 11.8 Å². The van der Waals surface area contributed by atoms with Gasteiger partial charge in [-0.2, -0.15) is 0 Å². The summed E-state index contributed by atoms with van der Waals surface area (Å²) in [5, 5.41) is 5.64. The summed E-state index contributed by atoms with van der Waals surface area (Å²) in [5.74, 6) is -0.0442. The Hall–Kier alpha value is -2.66. The minimum Gasteiger partial charge on any atom is -0.355 e. The average Bonchev–Trinajstić information content (AvgIpc) is 2.67. The molecule has 0 aliphatic heterocycles. The number of hydrogen-bond donors (Lipinski definition) is 2. The second-order valence-electron chi connectivity index (χ2n) is 6.46. The van der Waals surface area contributed by atoms with Crippen LogP contribution in [0.15, 0.2) is 54.6 Å². The van der Waals surface area contributed by atoms with Crippen molar-refractivity contribution in [2.75, 3.05) is 20.6 Å². The molecule has 1 unspecified atom stereocenters. The van der Waals surface area contributed by atoms with Crippen LogP contribution in [-0.4, -0.2) is 37.4 Å². The third-order valence-corrected chi connectivity index (χ3v) is 4.29. The van der Waals surface area contributed by atoms with E-state index in [1.165, 1.54) is 0 Å². The average molecular weight is 353 g/mol. The standard InChI is InChI=1S/C21H27N3O2/c1-16(18-7-5-4-6-8-18)23-20(25)13-14-24(3)15-17-9-11-19(12-10-17)21(26)22-2/h4-12,16H,13-15H2,1-3H3,(H,22,26)(H,23,25). The molecule has 0 heterocycles. The van der Waals surface area contributed by atoms with E-state index >= 15 is 0 Å². The van der Waals surface area contributed by atoms with Gasteiger partial charge in [-0.15, -0.1) is 0 Å². The van der Waals surface area contributed by atoms with Crippen LogP contribution < -0.4 is 10.6 Å². The molecule has 0 spiro atoms. The molecular formula is C21H27N3O2. The lowest BCUT2D eigenvalue weighted by Gasteiger charge is -2.18. The molecule has 2 aromatic rings. The normalized spacial score (nSPS) is 11.8. The lowest BCUT2D eigenvalue weighted by Crippen LogP contribution is -2.30. The van der Waals surface area contributed by atoms with Crippen LogP contribution in [0.5, 0.6) is 0 Å². The highest BCUT2D eigenvalue weighted by Gasteiger charge is 2.10. The highest BCUT2D eigenvalue weighted by Crippen LogP contribution is 2.11. The molecule has 5 heteroatoms. The third kappa shape index (κ3) is 6.01. The second-order valence-corrected chi connectivity index (χ2v) is 6.46. The van der Waals surface area contributed by atoms with Gasteiger partial charge in [-0.3, -0.25) is 9.59 Å². The number of hydrogen-bond acceptors (Lipinski definition) is 3. The van der Waals surface area contributed by atoms with Gasteiger partial charge in [-0.1, -0.05) is 42.5 Å². The summed E-state index contributed by atoms with van der Waals surface area (Å²) >= 11 is 0. The van der Waals surface area contributed by atoms with Gasteiger partial charge in [0.25, 0.3) is 5.91 Å². The fourth-order valence-corrected chi connectivity index (χ4v) is 2.73. The topological polar surface area (TPSA) is 61.4 Å². The Balaban J connectivity index is 1.76. The Labute approximate surface area is 155 Å². The van der Waals surface area contributed by atoms with Crippen molar-refractivity contribution in [2.45, 2.75) is 25.9 Å². The van der Waals surface area contributed by atoms with E-state index in [2.05, 4.69) is 15.5 Å². The van der Waals surface area contributed by atoms with Crippen LogP contribution >= 0.6 is 0 Å². The maximum Gasteiger partial charge on any atom is 0.251 e. The molecule has 0 aliphatic carbocycles. The first kappa shape index (κ1) is 19.7. The van der Waals surface area contributed by atoms with Crippen LogP contribution in [-0.2, 0) is 11.3 Å². The van der Waals surface area contributed by atoms with Crippen molar-refractivity contribution in [3.63, 3.8) is 0 Å². The fourth-order valence-electron chi connectivity index (χ4n) is 2.73. The largest absolute Gasteiger partial charge is 0.355 e. The van der Waals surface area contributed by atoms with Gasteiger partial charge in [-0.25, -0.2) is 0 Å².